The van der Waals surface area contributed by atoms with Crippen molar-refractivity contribution in [2.24, 2.45) is 10.9 Å². The summed E-state index contributed by atoms with van der Waals surface area (Å²) in [5.74, 6) is -0.734. The molecule has 10 heteroatoms. The summed E-state index contributed by atoms with van der Waals surface area (Å²) in [5, 5.41) is 4.97. The van der Waals surface area contributed by atoms with Crippen molar-refractivity contribution >= 4 is 31.6 Å². The Bertz CT molecular complexity index is 997. The number of nitrogens with two attached hydrogens (primary N) is 2. The van der Waals surface area contributed by atoms with E-state index in [2.05, 4.69) is 4.72 Å². The average molecular weight is 369 g/mol. The van der Waals surface area contributed by atoms with Crippen LogP contribution in [-0.4, -0.2) is 22.7 Å². The van der Waals surface area contributed by atoms with Crippen molar-refractivity contribution in [2.45, 2.75) is 16.7 Å². The number of carbonyl (C=O) groups is 1. The van der Waals surface area contributed by atoms with Crippen LogP contribution in [0.15, 0.2) is 52.3 Å². The minimum Gasteiger partial charge on any atom is -0.366 e. The standard InChI is InChI=1S/C14H15N3O5S2/c1-9-2-5-12(8-13(9)14(15)18)24(21,22)17-10-3-6-11(7-4-10)23(16,19)20/h2-8,17H,1H3,(H2,15,18)(H2,16,19,20). The Balaban J connectivity index is 2.35. The van der Waals surface area contributed by atoms with Crippen molar-refractivity contribution < 1.29 is 21.6 Å². The highest BCUT2D eigenvalue weighted by molar-refractivity contribution is 7.92. The highest BCUT2D eigenvalue weighted by Crippen LogP contribution is 2.20. The molecule has 0 heterocycles. The van der Waals surface area contributed by atoms with Crippen LogP contribution in [0.5, 0.6) is 0 Å². The molecule has 0 spiro atoms. The summed E-state index contributed by atoms with van der Waals surface area (Å²) in [6.45, 7) is 1.63. The van der Waals surface area contributed by atoms with Crippen molar-refractivity contribution in [3.63, 3.8) is 0 Å². The molecule has 0 unspecified atom stereocenters. The van der Waals surface area contributed by atoms with E-state index < -0.39 is 26.0 Å². The molecular weight excluding hydrogens is 354 g/mol. The van der Waals surface area contributed by atoms with Gasteiger partial charge in [0.25, 0.3) is 10.0 Å². The highest BCUT2D eigenvalue weighted by atomic mass is 32.2. The predicted molar refractivity (Wildman–Crippen MR) is 88.3 cm³/mol. The molecule has 2 rings (SSSR count). The van der Waals surface area contributed by atoms with Gasteiger partial charge in [-0.3, -0.25) is 9.52 Å². The maximum absolute atomic E-state index is 12.4. The van der Waals surface area contributed by atoms with Crippen LogP contribution in [0.2, 0.25) is 0 Å². The molecule has 0 saturated heterocycles. The fourth-order valence-electron chi connectivity index (χ4n) is 1.96. The van der Waals surface area contributed by atoms with Gasteiger partial charge in [-0.05, 0) is 48.9 Å². The molecule has 0 atom stereocenters. The van der Waals surface area contributed by atoms with Gasteiger partial charge in [-0.25, -0.2) is 22.0 Å². The second-order valence-electron chi connectivity index (χ2n) is 5.02. The van der Waals surface area contributed by atoms with E-state index in [-0.39, 0.29) is 21.0 Å². The zero-order chi connectivity index (χ0) is 18.1. The molecule has 0 saturated carbocycles. The van der Waals surface area contributed by atoms with Crippen molar-refractivity contribution in [1.29, 1.82) is 0 Å². The second-order valence-corrected chi connectivity index (χ2v) is 8.26. The molecule has 24 heavy (non-hydrogen) atoms. The summed E-state index contributed by atoms with van der Waals surface area (Å²) >= 11 is 0. The number of aryl methyl sites for hydroxylation is 1. The number of amides is 1. The first-order chi connectivity index (χ1) is 11.0. The van der Waals surface area contributed by atoms with Gasteiger partial charge in [0.2, 0.25) is 15.9 Å². The molecule has 0 bridgehead atoms. The molecule has 5 N–H and O–H groups in total. The number of nitrogens with one attached hydrogen (secondary N) is 1. The van der Waals surface area contributed by atoms with Gasteiger partial charge in [0.05, 0.1) is 9.79 Å². The van der Waals surface area contributed by atoms with Crippen LogP contribution in [0.25, 0.3) is 0 Å². The average Bonchev–Trinajstić information content (AvgIpc) is 2.46. The molecule has 0 aliphatic rings. The Morgan fingerprint density at radius 1 is 0.958 bits per heavy atom. The summed E-state index contributed by atoms with van der Waals surface area (Å²) in [5.41, 5.74) is 6.01. The predicted octanol–water partition coefficient (Wildman–Crippen LogP) is 0.542. The first-order valence-corrected chi connectivity index (χ1v) is 9.60. The maximum atomic E-state index is 12.4. The Morgan fingerprint density at radius 2 is 1.50 bits per heavy atom. The van der Waals surface area contributed by atoms with E-state index in [9.17, 15) is 21.6 Å². The molecule has 0 fully saturated rings. The Labute approximate surface area is 139 Å². The van der Waals surface area contributed by atoms with Gasteiger partial charge in [0.1, 0.15) is 0 Å². The van der Waals surface area contributed by atoms with Crippen LogP contribution in [-0.2, 0) is 20.0 Å². The monoisotopic (exact) mass is 369 g/mol. The van der Waals surface area contributed by atoms with Crippen molar-refractivity contribution in [2.75, 3.05) is 4.72 Å². The molecule has 2 aromatic carbocycles. The first-order valence-electron chi connectivity index (χ1n) is 6.57. The van der Waals surface area contributed by atoms with Gasteiger partial charge < -0.3 is 5.73 Å². The molecule has 1 amide bonds. The minimum atomic E-state index is -3.97. The van der Waals surface area contributed by atoms with Crippen LogP contribution in [0.3, 0.4) is 0 Å². The van der Waals surface area contributed by atoms with E-state index in [1.54, 1.807) is 6.92 Å². The van der Waals surface area contributed by atoms with E-state index in [4.69, 9.17) is 10.9 Å². The fourth-order valence-corrected chi connectivity index (χ4v) is 3.56. The van der Waals surface area contributed by atoms with Crippen molar-refractivity contribution in [3.05, 3.63) is 53.6 Å². The first kappa shape index (κ1) is 17.9. The van der Waals surface area contributed by atoms with Crippen molar-refractivity contribution in [1.82, 2.24) is 0 Å². The molecule has 0 radical (unpaired) electrons. The highest BCUT2D eigenvalue weighted by Gasteiger charge is 2.17. The number of sulfonamides is 2. The van der Waals surface area contributed by atoms with E-state index in [1.807, 2.05) is 0 Å². The maximum Gasteiger partial charge on any atom is 0.261 e. The number of primary sulfonamides is 1. The summed E-state index contributed by atoms with van der Waals surface area (Å²) in [6.07, 6.45) is 0. The van der Waals surface area contributed by atoms with Crippen molar-refractivity contribution in [3.8, 4) is 0 Å². The lowest BCUT2D eigenvalue weighted by Crippen LogP contribution is -2.17. The number of carbonyl (C=O) groups excluding carboxylic acids is 1. The molecule has 0 aromatic heterocycles. The molecular formula is C14H15N3O5S2. The summed E-state index contributed by atoms with van der Waals surface area (Å²) in [6, 6.07) is 8.87. The van der Waals surface area contributed by atoms with Gasteiger partial charge in [-0.15, -0.1) is 0 Å². The quantitative estimate of drug-likeness (QED) is 0.703. The molecule has 0 aliphatic carbocycles. The minimum absolute atomic E-state index is 0.0995. The number of hydrogen-bond acceptors (Lipinski definition) is 5. The van der Waals surface area contributed by atoms with Crippen LogP contribution >= 0.6 is 0 Å². The van der Waals surface area contributed by atoms with Crippen LogP contribution in [0.1, 0.15) is 15.9 Å². The SMILES string of the molecule is Cc1ccc(S(=O)(=O)Nc2ccc(S(N)(=O)=O)cc2)cc1C(N)=O. The van der Waals surface area contributed by atoms with E-state index in [0.29, 0.717) is 5.56 Å². The lowest BCUT2D eigenvalue weighted by Gasteiger charge is -2.10. The van der Waals surface area contributed by atoms with Crippen LogP contribution < -0.4 is 15.6 Å². The zero-order valence-corrected chi connectivity index (χ0v) is 14.2. The molecule has 2 aromatic rings. The van der Waals surface area contributed by atoms with Gasteiger partial charge >= 0.3 is 0 Å². The lowest BCUT2D eigenvalue weighted by molar-refractivity contribution is 0.0999. The van der Waals surface area contributed by atoms with E-state index in [0.717, 1.165) is 0 Å². The Kier molecular flexibility index (Phi) is 4.65. The second kappa shape index (κ2) is 6.23. The normalized spacial score (nSPS) is 11.9. The van der Waals surface area contributed by atoms with Crippen LogP contribution in [0.4, 0.5) is 5.69 Å². The third kappa shape index (κ3) is 3.91. The topological polar surface area (TPSA) is 149 Å². The summed E-state index contributed by atoms with van der Waals surface area (Å²) in [7, 11) is -7.84. The fraction of sp³-hybridized carbons (Fsp3) is 0.0714. The molecule has 8 nitrogen and oxygen atoms in total. The van der Waals surface area contributed by atoms with Crippen LogP contribution in [0, 0.1) is 6.92 Å². The Hall–Kier alpha value is -2.43. The van der Waals surface area contributed by atoms with Gasteiger partial charge in [-0.1, -0.05) is 6.07 Å². The zero-order valence-electron chi connectivity index (χ0n) is 12.6. The largest absolute Gasteiger partial charge is 0.366 e. The van der Waals surface area contributed by atoms with Gasteiger partial charge in [0, 0.05) is 11.3 Å². The Morgan fingerprint density at radius 3 is 2.00 bits per heavy atom. The molecule has 0 aliphatic heterocycles. The van der Waals surface area contributed by atoms with Gasteiger partial charge in [0.15, 0.2) is 0 Å². The third-order valence-electron chi connectivity index (χ3n) is 3.22. The number of hydrogen-bond donors (Lipinski definition) is 3. The summed E-state index contributed by atoms with van der Waals surface area (Å²) in [4.78, 5) is 11.0. The lowest BCUT2D eigenvalue weighted by atomic mass is 10.1. The number of benzene rings is 2. The summed E-state index contributed by atoms with van der Waals surface area (Å²) < 4.78 is 49.4. The van der Waals surface area contributed by atoms with Gasteiger partial charge in [-0.2, -0.15) is 0 Å². The molecule has 128 valence electrons. The third-order valence-corrected chi connectivity index (χ3v) is 5.53. The van der Waals surface area contributed by atoms with E-state index >= 15 is 0 Å². The number of rotatable bonds is 5. The van der Waals surface area contributed by atoms with E-state index in [1.165, 1.54) is 42.5 Å². The smallest absolute Gasteiger partial charge is 0.261 e. The number of anilines is 1. The number of primary amides is 1.